The molecule has 4 nitrogen and oxygen atoms in total. The highest BCUT2D eigenvalue weighted by molar-refractivity contribution is 7.84. The molecule has 0 aliphatic heterocycles. The lowest BCUT2D eigenvalue weighted by Crippen LogP contribution is -2.28. The number of hydrogen-bond acceptors (Lipinski definition) is 3. The number of anilines is 1. The van der Waals surface area contributed by atoms with Crippen molar-refractivity contribution in [2.24, 2.45) is 0 Å². The average Bonchev–Trinajstić information content (AvgIpc) is 2.32. The maximum Gasteiger partial charge on any atom is 0.251 e. The average molecular weight is 258 g/mol. The number of nitrogen functional groups attached to an aromatic ring is 1. The molecule has 0 fully saturated rings. The first kappa shape index (κ1) is 13.6. The SMILES string of the molecule is CCS(=O)CCNC(=O)c1ccc(N)c(F)c1. The standard InChI is InChI=1S/C11H15FN2O2S/c1-2-17(16)6-5-14-11(15)8-3-4-10(13)9(12)7-8/h3-4,7H,2,5-6,13H2,1H3,(H,14,15). The molecule has 1 aromatic carbocycles. The van der Waals surface area contributed by atoms with E-state index in [1.54, 1.807) is 0 Å². The van der Waals surface area contributed by atoms with Gasteiger partial charge in [-0.15, -0.1) is 0 Å². The van der Waals surface area contributed by atoms with Crippen molar-refractivity contribution in [1.29, 1.82) is 0 Å². The third kappa shape index (κ3) is 4.14. The van der Waals surface area contributed by atoms with Crippen molar-refractivity contribution >= 4 is 22.4 Å². The fraction of sp³-hybridized carbons (Fsp3) is 0.364. The molecule has 0 bridgehead atoms. The molecule has 1 amide bonds. The number of nitrogens with one attached hydrogen (secondary N) is 1. The molecule has 0 heterocycles. The Balaban J connectivity index is 2.52. The number of amides is 1. The second-order valence-electron chi connectivity index (χ2n) is 3.42. The van der Waals surface area contributed by atoms with Crippen LogP contribution in [0.3, 0.4) is 0 Å². The molecule has 17 heavy (non-hydrogen) atoms. The zero-order valence-electron chi connectivity index (χ0n) is 9.53. The van der Waals surface area contributed by atoms with Gasteiger partial charge in [0, 0.05) is 34.4 Å². The lowest BCUT2D eigenvalue weighted by molar-refractivity contribution is 0.0955. The van der Waals surface area contributed by atoms with Gasteiger partial charge in [0.2, 0.25) is 0 Å². The summed E-state index contributed by atoms with van der Waals surface area (Å²) in [7, 11) is -0.917. The zero-order valence-corrected chi connectivity index (χ0v) is 10.3. The normalized spacial score (nSPS) is 12.1. The van der Waals surface area contributed by atoms with Crippen LogP contribution in [0.2, 0.25) is 0 Å². The van der Waals surface area contributed by atoms with E-state index in [9.17, 15) is 13.4 Å². The van der Waals surface area contributed by atoms with Gasteiger partial charge in [-0.1, -0.05) is 6.92 Å². The summed E-state index contributed by atoms with van der Waals surface area (Å²) in [5, 5.41) is 2.57. The molecule has 1 atom stereocenters. The van der Waals surface area contributed by atoms with E-state index >= 15 is 0 Å². The van der Waals surface area contributed by atoms with Crippen LogP contribution in [0, 0.1) is 5.82 Å². The Morgan fingerprint density at radius 3 is 2.82 bits per heavy atom. The Hall–Kier alpha value is -1.43. The van der Waals surface area contributed by atoms with Crippen molar-refractivity contribution in [2.45, 2.75) is 6.92 Å². The summed E-state index contributed by atoms with van der Waals surface area (Å²) in [6.07, 6.45) is 0. The zero-order chi connectivity index (χ0) is 12.8. The predicted molar refractivity (Wildman–Crippen MR) is 66.7 cm³/mol. The van der Waals surface area contributed by atoms with E-state index < -0.39 is 22.5 Å². The minimum Gasteiger partial charge on any atom is -0.396 e. The van der Waals surface area contributed by atoms with Crippen LogP contribution in [0.5, 0.6) is 0 Å². The van der Waals surface area contributed by atoms with Gasteiger partial charge in [-0.05, 0) is 18.2 Å². The lowest BCUT2D eigenvalue weighted by Gasteiger charge is -2.05. The molecule has 0 saturated carbocycles. The van der Waals surface area contributed by atoms with Gasteiger partial charge in [0.1, 0.15) is 5.82 Å². The fourth-order valence-electron chi connectivity index (χ4n) is 1.19. The topological polar surface area (TPSA) is 72.2 Å². The molecule has 0 radical (unpaired) electrons. The van der Waals surface area contributed by atoms with Gasteiger partial charge in [-0.25, -0.2) is 4.39 Å². The highest BCUT2D eigenvalue weighted by Crippen LogP contribution is 2.11. The van der Waals surface area contributed by atoms with Gasteiger partial charge in [0.25, 0.3) is 5.91 Å². The summed E-state index contributed by atoms with van der Waals surface area (Å²) in [5.41, 5.74) is 5.52. The quantitative estimate of drug-likeness (QED) is 0.771. The molecule has 94 valence electrons. The van der Waals surface area contributed by atoms with E-state index in [0.29, 0.717) is 18.1 Å². The minimum absolute atomic E-state index is 0.00800. The van der Waals surface area contributed by atoms with E-state index in [4.69, 9.17) is 5.73 Å². The van der Waals surface area contributed by atoms with Crippen LogP contribution in [-0.2, 0) is 10.8 Å². The highest BCUT2D eigenvalue weighted by Gasteiger charge is 2.08. The number of halogens is 1. The van der Waals surface area contributed by atoms with Gasteiger partial charge in [0.15, 0.2) is 0 Å². The lowest BCUT2D eigenvalue weighted by atomic mass is 10.2. The van der Waals surface area contributed by atoms with Crippen molar-refractivity contribution in [2.75, 3.05) is 23.8 Å². The van der Waals surface area contributed by atoms with Crippen molar-refractivity contribution in [1.82, 2.24) is 5.32 Å². The maximum atomic E-state index is 13.1. The van der Waals surface area contributed by atoms with E-state index in [0.717, 1.165) is 6.07 Å². The second kappa shape index (κ2) is 6.34. The Morgan fingerprint density at radius 2 is 2.24 bits per heavy atom. The highest BCUT2D eigenvalue weighted by atomic mass is 32.2. The molecular weight excluding hydrogens is 243 g/mol. The molecule has 1 rings (SSSR count). The summed E-state index contributed by atoms with van der Waals surface area (Å²) in [6.45, 7) is 2.12. The van der Waals surface area contributed by atoms with Crippen LogP contribution in [0.1, 0.15) is 17.3 Å². The van der Waals surface area contributed by atoms with Gasteiger partial charge >= 0.3 is 0 Å². The van der Waals surface area contributed by atoms with E-state index in [2.05, 4.69) is 5.32 Å². The van der Waals surface area contributed by atoms with Crippen LogP contribution in [-0.4, -0.2) is 28.2 Å². The van der Waals surface area contributed by atoms with E-state index in [-0.39, 0.29) is 11.3 Å². The Morgan fingerprint density at radius 1 is 1.53 bits per heavy atom. The predicted octanol–water partition coefficient (Wildman–Crippen LogP) is 0.906. The van der Waals surface area contributed by atoms with Gasteiger partial charge in [0.05, 0.1) is 5.69 Å². The van der Waals surface area contributed by atoms with Gasteiger partial charge < -0.3 is 11.1 Å². The van der Waals surface area contributed by atoms with Crippen molar-refractivity contribution in [3.8, 4) is 0 Å². The molecule has 0 saturated heterocycles. The number of benzene rings is 1. The summed E-state index contributed by atoms with van der Waals surface area (Å²) >= 11 is 0. The summed E-state index contributed by atoms with van der Waals surface area (Å²) < 4.78 is 24.2. The monoisotopic (exact) mass is 258 g/mol. The summed E-state index contributed by atoms with van der Waals surface area (Å²) in [4.78, 5) is 11.6. The molecule has 0 spiro atoms. The van der Waals surface area contributed by atoms with Crippen LogP contribution >= 0.6 is 0 Å². The second-order valence-corrected chi connectivity index (χ2v) is 5.29. The third-order valence-corrected chi connectivity index (χ3v) is 3.50. The molecule has 3 N–H and O–H groups in total. The van der Waals surface area contributed by atoms with Crippen LogP contribution < -0.4 is 11.1 Å². The Kier molecular flexibility index (Phi) is 5.09. The maximum absolute atomic E-state index is 13.1. The number of nitrogens with two attached hydrogens (primary N) is 1. The molecule has 0 aromatic heterocycles. The van der Waals surface area contributed by atoms with Crippen molar-refractivity contribution < 1.29 is 13.4 Å². The number of carbonyl (C=O) groups is 1. The number of rotatable bonds is 5. The van der Waals surface area contributed by atoms with Gasteiger partial charge in [-0.3, -0.25) is 9.00 Å². The molecule has 1 unspecified atom stereocenters. The fourth-order valence-corrected chi connectivity index (χ4v) is 1.81. The summed E-state index contributed by atoms with van der Waals surface area (Å²) in [6, 6.07) is 3.88. The van der Waals surface area contributed by atoms with Crippen LogP contribution in [0.4, 0.5) is 10.1 Å². The van der Waals surface area contributed by atoms with E-state index in [1.807, 2.05) is 6.92 Å². The first-order valence-electron chi connectivity index (χ1n) is 5.22. The first-order chi connectivity index (χ1) is 8.04. The van der Waals surface area contributed by atoms with Crippen LogP contribution in [0.25, 0.3) is 0 Å². The van der Waals surface area contributed by atoms with Crippen molar-refractivity contribution in [3.05, 3.63) is 29.6 Å². The molecule has 0 aliphatic carbocycles. The third-order valence-electron chi connectivity index (χ3n) is 2.20. The Labute approximate surface area is 102 Å². The molecule has 0 aliphatic rings. The van der Waals surface area contributed by atoms with Crippen molar-refractivity contribution in [3.63, 3.8) is 0 Å². The van der Waals surface area contributed by atoms with E-state index in [1.165, 1.54) is 12.1 Å². The van der Waals surface area contributed by atoms with Gasteiger partial charge in [-0.2, -0.15) is 0 Å². The first-order valence-corrected chi connectivity index (χ1v) is 6.71. The Bertz CT molecular complexity index is 437. The number of carbonyl (C=O) groups excluding carboxylic acids is 1. The molecule has 6 heteroatoms. The van der Waals surface area contributed by atoms with Crippen LogP contribution in [0.15, 0.2) is 18.2 Å². The summed E-state index contributed by atoms with van der Waals surface area (Å²) in [5.74, 6) is -0.0433. The minimum atomic E-state index is -0.917. The smallest absolute Gasteiger partial charge is 0.251 e. The molecular formula is C11H15FN2O2S. The number of hydrogen-bond donors (Lipinski definition) is 2. The largest absolute Gasteiger partial charge is 0.396 e. The molecule has 1 aromatic rings.